The highest BCUT2D eigenvalue weighted by Crippen LogP contribution is 2.40. The second kappa shape index (κ2) is 8.63. The van der Waals surface area contributed by atoms with Crippen LogP contribution in [0.2, 0.25) is 0 Å². The van der Waals surface area contributed by atoms with Crippen LogP contribution in [0.3, 0.4) is 0 Å². The van der Waals surface area contributed by atoms with Crippen molar-refractivity contribution >= 4 is 16.7 Å². The molecule has 0 saturated carbocycles. The summed E-state index contributed by atoms with van der Waals surface area (Å²) in [6.45, 7) is 1.93. The van der Waals surface area contributed by atoms with Crippen molar-refractivity contribution < 1.29 is 23.7 Å². The van der Waals surface area contributed by atoms with E-state index in [1.165, 1.54) is 21.3 Å². The van der Waals surface area contributed by atoms with E-state index < -0.39 is 0 Å². The average Bonchev–Trinajstić information content (AvgIpc) is 3.13. The van der Waals surface area contributed by atoms with Gasteiger partial charge in [-0.2, -0.15) is 0 Å². The van der Waals surface area contributed by atoms with Gasteiger partial charge >= 0.3 is 0 Å². The number of hydrogen-bond donors (Lipinski definition) is 0. The van der Waals surface area contributed by atoms with Crippen LogP contribution in [0.25, 0.3) is 16.6 Å². The predicted molar refractivity (Wildman–Crippen MR) is 122 cm³/mol. The lowest BCUT2D eigenvalue weighted by atomic mass is 9.99. The topological polar surface area (TPSA) is 71.8 Å². The summed E-state index contributed by atoms with van der Waals surface area (Å²) in [5, 5.41) is 0.818. The van der Waals surface area contributed by atoms with Gasteiger partial charge in [0.1, 0.15) is 5.75 Å². The van der Waals surface area contributed by atoms with Crippen LogP contribution in [0.15, 0.2) is 54.9 Å². The zero-order valence-electron chi connectivity index (χ0n) is 18.6. The molecule has 7 heteroatoms. The molecular formula is C25H24N2O5. The van der Waals surface area contributed by atoms with E-state index in [-0.39, 0.29) is 5.78 Å². The first kappa shape index (κ1) is 21.2. The summed E-state index contributed by atoms with van der Waals surface area (Å²) < 4.78 is 23.7. The summed E-state index contributed by atoms with van der Waals surface area (Å²) in [7, 11) is 6.20. The SMILES string of the molecule is COc1ccc2c(C(=O)c3cc(OC)c(OC)c(OC)c3)c(C)n(-c3ccncc3)c2c1. The molecule has 0 aliphatic rings. The summed E-state index contributed by atoms with van der Waals surface area (Å²) in [6, 6.07) is 12.8. The molecule has 2 aromatic heterocycles. The molecule has 7 nitrogen and oxygen atoms in total. The Morgan fingerprint density at radius 2 is 1.50 bits per heavy atom. The van der Waals surface area contributed by atoms with Crippen LogP contribution in [-0.2, 0) is 0 Å². The quantitative estimate of drug-likeness (QED) is 0.398. The van der Waals surface area contributed by atoms with Gasteiger partial charge in [-0.15, -0.1) is 0 Å². The molecule has 4 rings (SSSR count). The number of rotatable bonds is 7. The fraction of sp³-hybridized carbons (Fsp3) is 0.200. The molecule has 0 bridgehead atoms. The summed E-state index contributed by atoms with van der Waals surface area (Å²) in [6.07, 6.45) is 3.45. The van der Waals surface area contributed by atoms with E-state index in [4.69, 9.17) is 18.9 Å². The van der Waals surface area contributed by atoms with E-state index in [2.05, 4.69) is 4.98 Å². The number of nitrogens with zero attached hydrogens (tertiary/aromatic N) is 2. The van der Waals surface area contributed by atoms with Gasteiger partial charge in [0.2, 0.25) is 5.75 Å². The van der Waals surface area contributed by atoms with Gasteiger partial charge in [0.25, 0.3) is 0 Å². The third-order valence-electron chi connectivity index (χ3n) is 5.49. The van der Waals surface area contributed by atoms with Gasteiger partial charge in [-0.3, -0.25) is 9.78 Å². The second-order valence-corrected chi connectivity index (χ2v) is 7.13. The van der Waals surface area contributed by atoms with Gasteiger partial charge in [0, 0.05) is 40.8 Å². The minimum Gasteiger partial charge on any atom is -0.497 e. The van der Waals surface area contributed by atoms with Gasteiger partial charge in [0.15, 0.2) is 17.3 Å². The Hall–Kier alpha value is -4.00. The third kappa shape index (κ3) is 3.41. The van der Waals surface area contributed by atoms with Crippen molar-refractivity contribution in [2.45, 2.75) is 6.92 Å². The lowest BCUT2D eigenvalue weighted by molar-refractivity contribution is 0.103. The van der Waals surface area contributed by atoms with Gasteiger partial charge < -0.3 is 23.5 Å². The van der Waals surface area contributed by atoms with Gasteiger partial charge in [-0.1, -0.05) is 0 Å². The Morgan fingerprint density at radius 3 is 2.06 bits per heavy atom. The number of benzene rings is 2. The van der Waals surface area contributed by atoms with Crippen molar-refractivity contribution in [3.63, 3.8) is 0 Å². The Balaban J connectivity index is 1.98. The van der Waals surface area contributed by atoms with E-state index in [0.29, 0.717) is 34.1 Å². The first-order chi connectivity index (χ1) is 15.5. The number of carbonyl (C=O) groups is 1. The monoisotopic (exact) mass is 432 g/mol. The van der Waals surface area contributed by atoms with Crippen LogP contribution in [0, 0.1) is 6.92 Å². The van der Waals surface area contributed by atoms with Crippen LogP contribution >= 0.6 is 0 Å². The van der Waals surface area contributed by atoms with Gasteiger partial charge in [-0.05, 0) is 43.3 Å². The first-order valence-corrected chi connectivity index (χ1v) is 9.98. The molecule has 0 unspecified atom stereocenters. The number of fused-ring (bicyclic) bond motifs is 1. The zero-order chi connectivity index (χ0) is 22.8. The highest BCUT2D eigenvalue weighted by Gasteiger charge is 2.25. The Morgan fingerprint density at radius 1 is 0.844 bits per heavy atom. The predicted octanol–water partition coefficient (Wildman–Crippen LogP) is 4.60. The number of carbonyl (C=O) groups excluding carboxylic acids is 1. The van der Waals surface area contributed by atoms with Gasteiger partial charge in [-0.25, -0.2) is 0 Å². The molecule has 0 fully saturated rings. The summed E-state index contributed by atoms with van der Waals surface area (Å²) >= 11 is 0. The van der Waals surface area contributed by atoms with E-state index in [9.17, 15) is 4.79 Å². The van der Waals surface area contributed by atoms with E-state index in [0.717, 1.165) is 22.3 Å². The highest BCUT2D eigenvalue weighted by molar-refractivity contribution is 6.18. The second-order valence-electron chi connectivity index (χ2n) is 7.13. The smallest absolute Gasteiger partial charge is 0.203 e. The molecule has 2 aromatic carbocycles. The van der Waals surface area contributed by atoms with Gasteiger partial charge in [0.05, 0.1) is 39.5 Å². The van der Waals surface area contributed by atoms with Crippen molar-refractivity contribution in [1.29, 1.82) is 0 Å². The fourth-order valence-electron chi connectivity index (χ4n) is 3.99. The van der Waals surface area contributed by atoms with Crippen LogP contribution in [0.5, 0.6) is 23.0 Å². The minimum absolute atomic E-state index is 0.148. The molecule has 0 spiro atoms. The Bertz CT molecular complexity index is 1270. The first-order valence-electron chi connectivity index (χ1n) is 9.98. The maximum atomic E-state index is 13.8. The van der Waals surface area contributed by atoms with E-state index in [1.54, 1.807) is 31.6 Å². The van der Waals surface area contributed by atoms with Crippen LogP contribution in [-0.4, -0.2) is 43.8 Å². The van der Waals surface area contributed by atoms with Crippen LogP contribution in [0.1, 0.15) is 21.6 Å². The standard InChI is InChI=1S/C25H24N2O5/c1-15-23(24(28)16-12-21(30-3)25(32-5)22(13-16)31-4)19-7-6-18(29-2)14-20(19)27(15)17-8-10-26-11-9-17/h6-14H,1-5H3. The number of pyridine rings is 1. The third-order valence-corrected chi connectivity index (χ3v) is 5.49. The van der Waals surface area contributed by atoms with E-state index >= 15 is 0 Å². The lowest BCUT2D eigenvalue weighted by Gasteiger charge is -2.14. The normalized spacial score (nSPS) is 10.8. The minimum atomic E-state index is -0.148. The van der Waals surface area contributed by atoms with Crippen LogP contribution in [0.4, 0.5) is 0 Å². The molecule has 2 heterocycles. The molecule has 0 radical (unpaired) electrons. The molecule has 0 saturated heterocycles. The maximum Gasteiger partial charge on any atom is 0.203 e. The van der Waals surface area contributed by atoms with Crippen molar-refractivity contribution in [2.75, 3.05) is 28.4 Å². The molecule has 0 amide bonds. The number of ketones is 1. The van der Waals surface area contributed by atoms with Crippen molar-refractivity contribution in [3.05, 3.63) is 71.7 Å². The summed E-state index contributed by atoms with van der Waals surface area (Å²) in [5.41, 5.74) is 3.60. The largest absolute Gasteiger partial charge is 0.497 e. The molecular weight excluding hydrogens is 408 g/mol. The van der Waals surface area contributed by atoms with Crippen molar-refractivity contribution in [1.82, 2.24) is 9.55 Å². The number of aromatic nitrogens is 2. The molecule has 0 aliphatic carbocycles. The fourth-order valence-corrected chi connectivity index (χ4v) is 3.99. The average molecular weight is 432 g/mol. The van der Waals surface area contributed by atoms with Crippen molar-refractivity contribution in [2.24, 2.45) is 0 Å². The Kier molecular flexibility index (Phi) is 5.73. The van der Waals surface area contributed by atoms with E-state index in [1.807, 2.05) is 41.8 Å². The summed E-state index contributed by atoms with van der Waals surface area (Å²) in [4.78, 5) is 17.9. The molecule has 0 aliphatic heterocycles. The molecule has 164 valence electrons. The summed E-state index contributed by atoms with van der Waals surface area (Å²) in [5.74, 6) is 1.84. The Labute approximate surface area is 186 Å². The maximum absolute atomic E-state index is 13.8. The zero-order valence-corrected chi connectivity index (χ0v) is 18.6. The van der Waals surface area contributed by atoms with Crippen molar-refractivity contribution in [3.8, 4) is 28.7 Å². The molecule has 32 heavy (non-hydrogen) atoms. The highest BCUT2D eigenvalue weighted by atomic mass is 16.5. The molecule has 4 aromatic rings. The molecule has 0 N–H and O–H groups in total. The lowest BCUT2D eigenvalue weighted by Crippen LogP contribution is -2.06. The molecule has 0 atom stereocenters. The number of hydrogen-bond acceptors (Lipinski definition) is 6. The van der Waals surface area contributed by atoms with Crippen LogP contribution < -0.4 is 18.9 Å². The number of methoxy groups -OCH3 is 4. The number of ether oxygens (including phenoxy) is 4.